The maximum Gasteiger partial charge on any atom is 0.243 e. The molecule has 1 fully saturated rings. The van der Waals surface area contributed by atoms with Crippen LogP contribution in [0, 0.1) is 5.41 Å². The molecule has 7 heteroatoms. The van der Waals surface area contributed by atoms with Crippen LogP contribution in [0.2, 0.25) is 5.02 Å². The summed E-state index contributed by atoms with van der Waals surface area (Å²) < 4.78 is 27.9. The Bertz CT molecular complexity index is 1250. The number of sulfonamides is 1. The van der Waals surface area contributed by atoms with Gasteiger partial charge in [-0.05, 0) is 73.1 Å². The highest BCUT2D eigenvalue weighted by Gasteiger charge is 2.43. The summed E-state index contributed by atoms with van der Waals surface area (Å²) in [6.45, 7) is 3.27. The lowest BCUT2D eigenvalue weighted by Gasteiger charge is -2.40. The molecular weight excluding hydrogens is 492 g/mol. The van der Waals surface area contributed by atoms with Crippen LogP contribution in [0.1, 0.15) is 36.5 Å². The van der Waals surface area contributed by atoms with E-state index in [1.54, 1.807) is 12.1 Å². The first-order chi connectivity index (χ1) is 17.3. The van der Waals surface area contributed by atoms with Crippen molar-refractivity contribution in [3.8, 4) is 0 Å². The largest absolute Gasteiger partial charge is 0.355 e. The SMILES string of the molecule is CCc1ccc(CCNC(=O)C2(Cc3ccccc3)CCN(S(=O)(=O)c3ccc(Cl)cc3)CC2)cc1. The van der Waals surface area contributed by atoms with Crippen LogP contribution >= 0.6 is 11.6 Å². The summed E-state index contributed by atoms with van der Waals surface area (Å²) in [5, 5.41) is 3.65. The van der Waals surface area contributed by atoms with E-state index in [0.29, 0.717) is 43.9 Å². The molecule has 3 aromatic carbocycles. The van der Waals surface area contributed by atoms with Gasteiger partial charge >= 0.3 is 0 Å². The van der Waals surface area contributed by atoms with Gasteiger partial charge in [-0.15, -0.1) is 0 Å². The first-order valence-electron chi connectivity index (χ1n) is 12.5. The molecule has 0 saturated carbocycles. The Labute approximate surface area is 219 Å². The predicted molar refractivity (Wildman–Crippen MR) is 145 cm³/mol. The standard InChI is InChI=1S/C29H33ClN2O3S/c1-2-23-8-10-24(11-9-23)16-19-31-28(33)29(22-25-6-4-3-5-7-25)17-20-32(21-18-29)36(34,35)27-14-12-26(30)13-15-27/h3-15H,2,16-22H2,1H3,(H,31,33). The van der Waals surface area contributed by atoms with E-state index in [2.05, 4.69) is 36.5 Å². The molecule has 0 bridgehead atoms. The zero-order valence-corrected chi connectivity index (χ0v) is 22.2. The Morgan fingerprint density at radius 3 is 2.11 bits per heavy atom. The van der Waals surface area contributed by atoms with Gasteiger partial charge in [0.15, 0.2) is 0 Å². The third-order valence-electron chi connectivity index (χ3n) is 7.13. The third kappa shape index (κ3) is 6.17. The van der Waals surface area contributed by atoms with Crippen molar-refractivity contribution < 1.29 is 13.2 Å². The number of carbonyl (C=O) groups excluding carboxylic acids is 1. The lowest BCUT2D eigenvalue weighted by Crippen LogP contribution is -2.51. The number of nitrogens with one attached hydrogen (secondary N) is 1. The maximum absolute atomic E-state index is 13.6. The highest BCUT2D eigenvalue weighted by molar-refractivity contribution is 7.89. The molecule has 5 nitrogen and oxygen atoms in total. The summed E-state index contributed by atoms with van der Waals surface area (Å²) in [6.07, 6.45) is 3.27. The fourth-order valence-electron chi connectivity index (χ4n) is 4.83. The molecule has 1 amide bonds. The van der Waals surface area contributed by atoms with Gasteiger partial charge in [-0.25, -0.2) is 8.42 Å². The van der Waals surface area contributed by atoms with Crippen LogP contribution in [-0.4, -0.2) is 38.3 Å². The summed E-state index contributed by atoms with van der Waals surface area (Å²) in [5.74, 6) is 0.0000669. The van der Waals surface area contributed by atoms with Crippen molar-refractivity contribution in [2.45, 2.75) is 43.9 Å². The van der Waals surface area contributed by atoms with E-state index in [1.165, 1.54) is 27.6 Å². The number of halogens is 1. The van der Waals surface area contributed by atoms with Crippen molar-refractivity contribution in [1.82, 2.24) is 9.62 Å². The van der Waals surface area contributed by atoms with E-state index in [0.717, 1.165) is 18.4 Å². The lowest BCUT2D eigenvalue weighted by atomic mass is 9.73. The van der Waals surface area contributed by atoms with Crippen molar-refractivity contribution >= 4 is 27.5 Å². The molecule has 1 heterocycles. The highest BCUT2D eigenvalue weighted by Crippen LogP contribution is 2.37. The number of aryl methyl sites for hydroxylation is 1. The van der Waals surface area contributed by atoms with E-state index in [9.17, 15) is 13.2 Å². The number of hydrogen-bond donors (Lipinski definition) is 1. The van der Waals surface area contributed by atoms with Crippen molar-refractivity contribution in [1.29, 1.82) is 0 Å². The van der Waals surface area contributed by atoms with Crippen molar-refractivity contribution in [3.05, 3.63) is 101 Å². The van der Waals surface area contributed by atoms with Crippen LogP contribution < -0.4 is 5.32 Å². The predicted octanol–water partition coefficient (Wildman–Crippen LogP) is 5.27. The second-order valence-electron chi connectivity index (χ2n) is 9.48. The van der Waals surface area contributed by atoms with Crippen molar-refractivity contribution in [3.63, 3.8) is 0 Å². The second kappa shape index (κ2) is 11.6. The number of rotatable bonds is 9. The van der Waals surface area contributed by atoms with Gasteiger partial charge in [0.25, 0.3) is 0 Å². The third-order valence-corrected chi connectivity index (χ3v) is 9.29. The average molecular weight is 525 g/mol. The molecule has 0 unspecified atom stereocenters. The topological polar surface area (TPSA) is 66.5 Å². The number of nitrogens with zero attached hydrogens (tertiary/aromatic N) is 1. The normalized spacial score (nSPS) is 15.9. The molecule has 1 aliphatic rings. The van der Waals surface area contributed by atoms with Gasteiger partial charge in [-0.1, -0.05) is 73.1 Å². The Kier molecular flexibility index (Phi) is 8.50. The lowest BCUT2D eigenvalue weighted by molar-refractivity contribution is -0.133. The number of piperidine rings is 1. The second-order valence-corrected chi connectivity index (χ2v) is 11.9. The van der Waals surface area contributed by atoms with Gasteiger partial charge in [0, 0.05) is 24.7 Å². The first-order valence-corrected chi connectivity index (χ1v) is 14.3. The zero-order chi connectivity index (χ0) is 25.6. The summed E-state index contributed by atoms with van der Waals surface area (Å²) in [4.78, 5) is 13.8. The van der Waals surface area contributed by atoms with Crippen molar-refractivity contribution in [2.75, 3.05) is 19.6 Å². The Morgan fingerprint density at radius 2 is 1.50 bits per heavy atom. The Morgan fingerprint density at radius 1 is 0.889 bits per heavy atom. The molecule has 1 saturated heterocycles. The molecule has 0 atom stereocenters. The molecule has 0 aromatic heterocycles. The summed E-state index contributed by atoms with van der Waals surface area (Å²) in [5.41, 5.74) is 2.91. The maximum atomic E-state index is 13.6. The monoisotopic (exact) mass is 524 g/mol. The molecule has 4 rings (SSSR count). The summed E-state index contributed by atoms with van der Waals surface area (Å²) in [6, 6.07) is 24.7. The fourth-order valence-corrected chi connectivity index (χ4v) is 6.40. The number of benzene rings is 3. The first kappa shape index (κ1) is 26.4. The molecule has 0 spiro atoms. The molecule has 3 aromatic rings. The van der Waals surface area contributed by atoms with Crippen LogP contribution in [0.15, 0.2) is 83.8 Å². The minimum Gasteiger partial charge on any atom is -0.355 e. The van der Waals surface area contributed by atoms with Crippen LogP contribution in [0.3, 0.4) is 0 Å². The van der Waals surface area contributed by atoms with E-state index >= 15 is 0 Å². The van der Waals surface area contributed by atoms with E-state index < -0.39 is 15.4 Å². The van der Waals surface area contributed by atoms with Crippen LogP contribution in [0.4, 0.5) is 0 Å². The number of carbonyl (C=O) groups is 1. The quantitative estimate of drug-likeness (QED) is 0.414. The smallest absolute Gasteiger partial charge is 0.243 e. The minimum absolute atomic E-state index is 0.0000669. The van der Waals surface area contributed by atoms with Crippen molar-refractivity contribution in [2.24, 2.45) is 5.41 Å². The minimum atomic E-state index is -3.64. The Hall–Kier alpha value is -2.67. The molecule has 36 heavy (non-hydrogen) atoms. The molecule has 190 valence electrons. The van der Waals surface area contributed by atoms with Gasteiger partial charge in [-0.3, -0.25) is 4.79 Å². The highest BCUT2D eigenvalue weighted by atomic mass is 35.5. The van der Waals surface area contributed by atoms with Gasteiger partial charge in [0.2, 0.25) is 15.9 Å². The van der Waals surface area contributed by atoms with E-state index in [4.69, 9.17) is 11.6 Å². The van der Waals surface area contributed by atoms with Crippen LogP contribution in [-0.2, 0) is 34.1 Å². The zero-order valence-electron chi connectivity index (χ0n) is 20.6. The Balaban J connectivity index is 1.46. The average Bonchev–Trinajstić information content (AvgIpc) is 2.90. The molecular formula is C29H33ClN2O3S. The molecule has 0 radical (unpaired) electrons. The van der Waals surface area contributed by atoms with Gasteiger partial charge in [0.05, 0.1) is 10.3 Å². The van der Waals surface area contributed by atoms with Crippen LogP contribution in [0.5, 0.6) is 0 Å². The summed E-state index contributed by atoms with van der Waals surface area (Å²) in [7, 11) is -3.64. The van der Waals surface area contributed by atoms with Gasteiger partial charge < -0.3 is 5.32 Å². The van der Waals surface area contributed by atoms with Gasteiger partial charge in [0.1, 0.15) is 0 Å². The van der Waals surface area contributed by atoms with E-state index in [-0.39, 0.29) is 10.8 Å². The van der Waals surface area contributed by atoms with Gasteiger partial charge in [-0.2, -0.15) is 4.31 Å². The fraction of sp³-hybridized carbons (Fsp3) is 0.345. The molecule has 0 aliphatic carbocycles. The van der Waals surface area contributed by atoms with E-state index in [1.807, 2.05) is 30.3 Å². The molecule has 1 N–H and O–H groups in total. The van der Waals surface area contributed by atoms with Crippen LogP contribution in [0.25, 0.3) is 0 Å². The number of amides is 1. The molecule has 1 aliphatic heterocycles. The number of hydrogen-bond acceptors (Lipinski definition) is 3. The summed E-state index contributed by atoms with van der Waals surface area (Å²) >= 11 is 5.94.